The number of hydrogen-bond acceptors (Lipinski definition) is 4. The number of H-pyrrole nitrogens is 1. The highest BCUT2D eigenvalue weighted by atomic mass is 32.1. The molecule has 0 aliphatic carbocycles. The summed E-state index contributed by atoms with van der Waals surface area (Å²) in [5.41, 5.74) is 5.38. The topological polar surface area (TPSA) is 54.9 Å². The molecule has 0 saturated heterocycles. The largest absolute Gasteiger partial charge is 0.491 e. The number of ether oxygens (including phenoxy) is 1. The third-order valence-electron chi connectivity index (χ3n) is 3.47. The second kappa shape index (κ2) is 7.31. The predicted octanol–water partition coefficient (Wildman–Crippen LogP) is 4.14. The lowest BCUT2D eigenvalue weighted by Gasteiger charge is -2.16. The molecule has 0 aliphatic rings. The van der Waals surface area contributed by atoms with E-state index >= 15 is 0 Å². The minimum absolute atomic E-state index is 0.127. The molecule has 0 bridgehead atoms. The lowest BCUT2D eigenvalue weighted by atomic mass is 10.2. The highest BCUT2D eigenvalue weighted by Gasteiger charge is 2.10. The average molecular weight is 340 g/mol. The van der Waals surface area contributed by atoms with Crippen LogP contribution in [0.1, 0.15) is 19.4 Å². The van der Waals surface area contributed by atoms with Gasteiger partial charge >= 0.3 is 0 Å². The Morgan fingerprint density at radius 2 is 1.83 bits per heavy atom. The summed E-state index contributed by atoms with van der Waals surface area (Å²) in [7, 11) is 0. The van der Waals surface area contributed by atoms with Gasteiger partial charge in [0.15, 0.2) is 5.82 Å². The third-order valence-corrected chi connectivity index (χ3v) is 3.74. The molecule has 0 fully saturated rings. The Morgan fingerprint density at radius 3 is 2.58 bits per heavy atom. The SMILES string of the molecule is CC(C)Oc1ccccc1CNn1c(-c2ccccc2)n[nH]c1=S. The predicted molar refractivity (Wildman–Crippen MR) is 98.1 cm³/mol. The van der Waals surface area contributed by atoms with Crippen molar-refractivity contribution >= 4 is 12.2 Å². The zero-order valence-electron chi connectivity index (χ0n) is 13.7. The van der Waals surface area contributed by atoms with Crippen LogP contribution in [-0.2, 0) is 6.54 Å². The number of hydrogen-bond donors (Lipinski definition) is 2. The fourth-order valence-electron chi connectivity index (χ4n) is 2.41. The van der Waals surface area contributed by atoms with Crippen LogP contribution in [0.5, 0.6) is 5.75 Å². The molecule has 1 aromatic heterocycles. The first-order valence-electron chi connectivity index (χ1n) is 7.86. The fourth-order valence-corrected chi connectivity index (χ4v) is 2.60. The molecule has 0 saturated carbocycles. The van der Waals surface area contributed by atoms with E-state index in [1.165, 1.54) is 0 Å². The minimum Gasteiger partial charge on any atom is -0.491 e. The molecule has 0 aliphatic heterocycles. The Hall–Kier alpha value is -2.60. The van der Waals surface area contributed by atoms with Crippen molar-refractivity contribution in [3.63, 3.8) is 0 Å². The van der Waals surface area contributed by atoms with Gasteiger partial charge in [0.2, 0.25) is 4.77 Å². The van der Waals surface area contributed by atoms with Crippen LogP contribution in [0.3, 0.4) is 0 Å². The van der Waals surface area contributed by atoms with Gasteiger partial charge < -0.3 is 10.2 Å². The number of rotatable bonds is 6. The van der Waals surface area contributed by atoms with Crippen LogP contribution in [0.2, 0.25) is 0 Å². The number of nitrogens with zero attached hydrogens (tertiary/aromatic N) is 2. The first-order valence-corrected chi connectivity index (χ1v) is 8.27. The molecule has 2 aromatic carbocycles. The first kappa shape index (κ1) is 16.3. The summed E-state index contributed by atoms with van der Waals surface area (Å²) in [6.07, 6.45) is 0.127. The molecule has 0 amide bonds. The number of aromatic amines is 1. The van der Waals surface area contributed by atoms with Gasteiger partial charge in [0.1, 0.15) is 5.75 Å². The number of aromatic nitrogens is 3. The van der Waals surface area contributed by atoms with Gasteiger partial charge in [-0.05, 0) is 32.1 Å². The smallest absolute Gasteiger partial charge is 0.214 e. The zero-order chi connectivity index (χ0) is 16.9. The number of nitrogens with one attached hydrogen (secondary N) is 2. The Morgan fingerprint density at radius 1 is 1.12 bits per heavy atom. The highest BCUT2D eigenvalue weighted by Crippen LogP contribution is 2.20. The summed E-state index contributed by atoms with van der Waals surface area (Å²) >= 11 is 5.34. The van der Waals surface area contributed by atoms with E-state index in [9.17, 15) is 0 Å². The molecule has 0 spiro atoms. The van der Waals surface area contributed by atoms with Crippen LogP contribution in [0.4, 0.5) is 0 Å². The molecule has 0 atom stereocenters. The molecule has 0 radical (unpaired) electrons. The minimum atomic E-state index is 0.127. The normalized spacial score (nSPS) is 10.8. The maximum Gasteiger partial charge on any atom is 0.214 e. The summed E-state index contributed by atoms with van der Waals surface area (Å²) < 4.78 is 8.17. The van der Waals surface area contributed by atoms with Crippen molar-refractivity contribution in [1.29, 1.82) is 0 Å². The highest BCUT2D eigenvalue weighted by molar-refractivity contribution is 7.71. The number of benzene rings is 2. The van der Waals surface area contributed by atoms with E-state index in [1.54, 1.807) is 4.68 Å². The van der Waals surface area contributed by atoms with E-state index in [2.05, 4.69) is 15.6 Å². The molecule has 5 nitrogen and oxygen atoms in total. The van der Waals surface area contributed by atoms with Gasteiger partial charge in [-0.2, -0.15) is 5.10 Å². The molecule has 3 aromatic rings. The standard InChI is InChI=1S/C18H20N4OS/c1-13(2)23-16-11-7-6-10-15(16)12-19-22-17(20-21-18(22)24)14-8-4-3-5-9-14/h3-11,13,19H,12H2,1-2H3,(H,21,24). The van der Waals surface area contributed by atoms with Crippen LogP contribution >= 0.6 is 12.2 Å². The summed E-state index contributed by atoms with van der Waals surface area (Å²) in [4.78, 5) is 0. The van der Waals surface area contributed by atoms with E-state index in [1.807, 2.05) is 68.4 Å². The summed E-state index contributed by atoms with van der Waals surface area (Å²) in [5.74, 6) is 1.62. The van der Waals surface area contributed by atoms with Crippen LogP contribution in [0.25, 0.3) is 11.4 Å². The fraction of sp³-hybridized carbons (Fsp3) is 0.222. The van der Waals surface area contributed by atoms with Crippen molar-refractivity contribution in [2.24, 2.45) is 0 Å². The Bertz CT molecular complexity index is 855. The Kier molecular flexibility index (Phi) is 4.96. The van der Waals surface area contributed by atoms with Gasteiger partial charge in [0.25, 0.3) is 0 Å². The van der Waals surface area contributed by atoms with Crippen molar-refractivity contribution in [2.75, 3.05) is 5.43 Å². The van der Waals surface area contributed by atoms with Crippen molar-refractivity contribution in [2.45, 2.75) is 26.5 Å². The van der Waals surface area contributed by atoms with Gasteiger partial charge in [-0.25, -0.2) is 9.77 Å². The van der Waals surface area contributed by atoms with E-state index in [0.29, 0.717) is 11.3 Å². The zero-order valence-corrected chi connectivity index (χ0v) is 14.5. The molecular formula is C18H20N4OS. The first-order chi connectivity index (χ1) is 11.6. The second-order valence-electron chi connectivity index (χ2n) is 5.66. The van der Waals surface area contributed by atoms with Crippen LogP contribution in [0.15, 0.2) is 54.6 Å². The number of para-hydroxylation sites is 1. The summed E-state index contributed by atoms with van der Waals surface area (Å²) in [6.45, 7) is 4.62. The third kappa shape index (κ3) is 3.65. The molecular weight excluding hydrogens is 320 g/mol. The van der Waals surface area contributed by atoms with Crippen molar-refractivity contribution < 1.29 is 4.74 Å². The Balaban J connectivity index is 1.84. The molecule has 3 rings (SSSR count). The summed E-state index contributed by atoms with van der Waals surface area (Å²) in [6, 6.07) is 17.9. The molecule has 6 heteroatoms. The van der Waals surface area contributed by atoms with Gasteiger partial charge in [0, 0.05) is 11.1 Å². The monoisotopic (exact) mass is 340 g/mol. The lowest BCUT2D eigenvalue weighted by Crippen LogP contribution is -2.17. The van der Waals surface area contributed by atoms with Gasteiger partial charge in [0.05, 0.1) is 12.6 Å². The van der Waals surface area contributed by atoms with E-state index < -0.39 is 0 Å². The quantitative estimate of drug-likeness (QED) is 0.662. The van der Waals surface area contributed by atoms with Gasteiger partial charge in [-0.1, -0.05) is 48.5 Å². The Labute approximate surface area is 146 Å². The van der Waals surface area contributed by atoms with Crippen LogP contribution in [-0.4, -0.2) is 21.0 Å². The van der Waals surface area contributed by atoms with Crippen molar-refractivity contribution in [3.05, 3.63) is 64.9 Å². The van der Waals surface area contributed by atoms with Gasteiger partial charge in [-0.15, -0.1) is 0 Å². The van der Waals surface area contributed by atoms with Crippen LogP contribution < -0.4 is 10.2 Å². The lowest BCUT2D eigenvalue weighted by molar-refractivity contribution is 0.240. The van der Waals surface area contributed by atoms with Crippen LogP contribution in [0, 0.1) is 4.77 Å². The molecule has 124 valence electrons. The molecule has 2 N–H and O–H groups in total. The van der Waals surface area contributed by atoms with E-state index in [0.717, 1.165) is 22.7 Å². The molecule has 0 unspecified atom stereocenters. The maximum absolute atomic E-state index is 5.86. The maximum atomic E-state index is 5.86. The van der Waals surface area contributed by atoms with E-state index in [-0.39, 0.29) is 6.10 Å². The molecule has 24 heavy (non-hydrogen) atoms. The second-order valence-corrected chi connectivity index (χ2v) is 6.05. The van der Waals surface area contributed by atoms with Crippen molar-refractivity contribution in [1.82, 2.24) is 14.9 Å². The molecule has 1 heterocycles. The van der Waals surface area contributed by atoms with Gasteiger partial charge in [-0.3, -0.25) is 0 Å². The average Bonchev–Trinajstić information content (AvgIpc) is 2.95. The summed E-state index contributed by atoms with van der Waals surface area (Å²) in [5, 5.41) is 7.16. The van der Waals surface area contributed by atoms with Crippen molar-refractivity contribution in [3.8, 4) is 17.1 Å². The van der Waals surface area contributed by atoms with E-state index in [4.69, 9.17) is 17.0 Å².